The van der Waals surface area contributed by atoms with Crippen LogP contribution in [0.3, 0.4) is 0 Å². The molecule has 4 aromatic carbocycles. The molecule has 0 fully saturated rings. The Kier molecular flexibility index (Phi) is 10.8. The zero-order valence-corrected chi connectivity index (χ0v) is 23.8. The zero-order valence-electron chi connectivity index (χ0n) is 19.3. The number of hydrogen-bond donors (Lipinski definition) is 0. The first-order valence-corrected chi connectivity index (χ1v) is 18.4. The second-order valence-electron chi connectivity index (χ2n) is 6.95. The summed E-state index contributed by atoms with van der Waals surface area (Å²) in [6, 6.07) is 30.7. The van der Waals surface area contributed by atoms with E-state index in [1.54, 1.807) is 14.2 Å². The Labute approximate surface area is 220 Å². The van der Waals surface area contributed by atoms with Crippen LogP contribution < -0.4 is 9.47 Å². The third-order valence-electron chi connectivity index (χ3n) is 4.75. The van der Waals surface area contributed by atoms with Crippen molar-refractivity contribution in [3.63, 3.8) is 0 Å². The third kappa shape index (κ3) is 7.96. The molecule has 0 aromatic heterocycles. The van der Waals surface area contributed by atoms with E-state index < -0.39 is 15.1 Å². The van der Waals surface area contributed by atoms with Crippen molar-refractivity contribution in [1.82, 2.24) is 0 Å². The molecule has 0 saturated heterocycles. The van der Waals surface area contributed by atoms with Gasteiger partial charge in [0, 0.05) is 0 Å². The molecule has 0 heterocycles. The van der Waals surface area contributed by atoms with Crippen molar-refractivity contribution >= 4 is 42.1 Å². The van der Waals surface area contributed by atoms with Crippen LogP contribution in [0.4, 0.5) is 22.7 Å². The van der Waals surface area contributed by atoms with Gasteiger partial charge in [0.2, 0.25) is 0 Å². The number of rotatable bonds is 7. The number of halogens is 2. The van der Waals surface area contributed by atoms with Crippen LogP contribution in [0.25, 0.3) is 11.1 Å². The number of azo groups is 2. The van der Waals surface area contributed by atoms with E-state index in [-0.39, 0.29) is 0 Å². The van der Waals surface area contributed by atoms with Crippen molar-refractivity contribution in [2.24, 2.45) is 20.5 Å². The summed E-state index contributed by atoms with van der Waals surface area (Å²) in [7, 11) is 13.1. The molecule has 4 aromatic rings. The molecule has 0 spiro atoms. The molecule has 0 radical (unpaired) electrons. The van der Waals surface area contributed by atoms with E-state index in [2.05, 4.69) is 20.5 Å². The van der Waals surface area contributed by atoms with Gasteiger partial charge in [-0.05, 0) is 59.7 Å². The van der Waals surface area contributed by atoms with Gasteiger partial charge in [-0.15, -0.1) is 10.2 Å². The molecule has 4 rings (SSSR count). The van der Waals surface area contributed by atoms with Crippen molar-refractivity contribution in [3.05, 3.63) is 97.1 Å². The summed E-state index contributed by atoms with van der Waals surface area (Å²) < 4.78 is 11.1. The molecule has 0 aliphatic carbocycles. The van der Waals surface area contributed by atoms with E-state index in [1.165, 1.54) is 0 Å². The minimum absolute atomic E-state index is 0.633. The number of hydrogen-bond acceptors (Lipinski definition) is 6. The van der Waals surface area contributed by atoms with Gasteiger partial charge in [0.1, 0.15) is 22.9 Å². The van der Waals surface area contributed by atoms with Crippen molar-refractivity contribution in [2.75, 3.05) is 14.2 Å². The van der Waals surface area contributed by atoms with E-state index in [1.807, 2.05) is 97.1 Å². The summed E-state index contributed by atoms with van der Waals surface area (Å²) in [5.41, 5.74) is 4.80. The fourth-order valence-electron chi connectivity index (χ4n) is 3.09. The van der Waals surface area contributed by atoms with E-state index >= 15 is 0 Å². The van der Waals surface area contributed by atoms with Gasteiger partial charge < -0.3 is 9.47 Å². The summed E-state index contributed by atoms with van der Waals surface area (Å²) in [6.07, 6.45) is 0. The van der Waals surface area contributed by atoms with Gasteiger partial charge in [-0.25, -0.2) is 0 Å². The van der Waals surface area contributed by atoms with Crippen molar-refractivity contribution < 1.29 is 24.6 Å². The maximum absolute atomic E-state index is 5.55. The van der Waals surface area contributed by atoms with Crippen LogP contribution in [-0.4, -0.2) is 14.2 Å². The molecule has 0 amide bonds. The van der Waals surface area contributed by atoms with Gasteiger partial charge in [-0.3, -0.25) is 0 Å². The monoisotopic (exact) mass is 556 g/mol. The molecule has 0 N–H and O–H groups in total. The second kappa shape index (κ2) is 14.3. The molecule has 35 heavy (non-hydrogen) atoms. The standard InChI is InChI=1S/C26H22N4O2.2ClH.Zn/c1-31-25-17-19(13-15-23(25)29-27-21-9-5-3-6-10-21)20-14-16-24(26(18-20)32-2)30-28-22-11-7-4-8-12-22;;;/h3-18H,1-2H3;2*1H;/q;;;+2/p-2. The van der Waals surface area contributed by atoms with Gasteiger partial charge in [0.15, 0.2) is 0 Å². The maximum atomic E-state index is 5.55. The quantitative estimate of drug-likeness (QED) is 0.167. The van der Waals surface area contributed by atoms with Crippen LogP contribution in [0.2, 0.25) is 0 Å². The SMILES string of the molecule is COc1cc(-c2ccc(N=Nc3ccccc3)c(OC)c2)ccc1N=Nc1ccccc1.[Cl][Zn][Cl]. The Balaban J connectivity index is 0.00000108. The number of methoxy groups -OCH3 is 2. The molecule has 0 atom stereocenters. The summed E-state index contributed by atoms with van der Waals surface area (Å²) in [6.45, 7) is 0. The van der Waals surface area contributed by atoms with Gasteiger partial charge in [0.25, 0.3) is 0 Å². The molecule has 0 aliphatic rings. The second-order valence-corrected chi connectivity index (χ2v) is 11.6. The summed E-state index contributed by atoms with van der Waals surface area (Å²) in [5.74, 6) is 1.27. The van der Waals surface area contributed by atoms with E-state index in [0.29, 0.717) is 22.9 Å². The molecule has 0 saturated carbocycles. The normalized spacial score (nSPS) is 10.5. The predicted molar refractivity (Wildman–Crippen MR) is 138 cm³/mol. The molecule has 0 bridgehead atoms. The Hall–Kier alpha value is -3.12. The average molecular weight is 559 g/mol. The Bertz CT molecular complexity index is 1170. The fraction of sp³-hybridized carbons (Fsp3) is 0.0769. The van der Waals surface area contributed by atoms with E-state index in [9.17, 15) is 0 Å². The topological polar surface area (TPSA) is 67.9 Å². The van der Waals surface area contributed by atoms with Crippen molar-refractivity contribution in [3.8, 4) is 22.6 Å². The summed E-state index contributed by atoms with van der Waals surface area (Å²) in [5, 5.41) is 17.2. The summed E-state index contributed by atoms with van der Waals surface area (Å²) >= 11 is -0.931. The molecule has 0 aliphatic heterocycles. The first-order valence-electron chi connectivity index (χ1n) is 10.6. The van der Waals surface area contributed by atoms with E-state index in [4.69, 9.17) is 28.9 Å². The minimum atomic E-state index is -0.931. The van der Waals surface area contributed by atoms with Gasteiger partial charge >= 0.3 is 34.5 Å². The molecule has 174 valence electrons. The van der Waals surface area contributed by atoms with Gasteiger partial charge in [0.05, 0.1) is 25.6 Å². The first-order chi connectivity index (χ1) is 17.2. The number of ether oxygens (including phenoxy) is 2. The van der Waals surface area contributed by atoms with Crippen LogP contribution in [0, 0.1) is 0 Å². The Morgan fingerprint density at radius 3 is 1.26 bits per heavy atom. The van der Waals surface area contributed by atoms with Crippen molar-refractivity contribution in [1.29, 1.82) is 0 Å². The third-order valence-corrected chi connectivity index (χ3v) is 4.75. The van der Waals surface area contributed by atoms with Crippen LogP contribution in [-0.2, 0) is 15.1 Å². The van der Waals surface area contributed by atoms with Gasteiger partial charge in [-0.2, -0.15) is 10.2 Å². The Morgan fingerprint density at radius 2 is 0.914 bits per heavy atom. The Morgan fingerprint density at radius 1 is 0.543 bits per heavy atom. The fourth-order valence-corrected chi connectivity index (χ4v) is 3.09. The molecular weight excluding hydrogens is 537 g/mol. The van der Waals surface area contributed by atoms with Crippen LogP contribution >= 0.6 is 19.4 Å². The number of nitrogens with zero attached hydrogens (tertiary/aromatic N) is 4. The molecule has 6 nitrogen and oxygen atoms in total. The van der Waals surface area contributed by atoms with Crippen molar-refractivity contribution in [2.45, 2.75) is 0 Å². The van der Waals surface area contributed by atoms with Crippen LogP contribution in [0.15, 0.2) is 118 Å². The van der Waals surface area contributed by atoms with Crippen LogP contribution in [0.5, 0.6) is 11.5 Å². The first kappa shape index (κ1) is 26.5. The molecular formula is C26H22Cl2N4O2Zn. The predicted octanol–water partition coefficient (Wildman–Crippen LogP) is 9.58. The number of benzene rings is 4. The summed E-state index contributed by atoms with van der Waals surface area (Å²) in [4.78, 5) is 0. The molecule has 0 unspecified atom stereocenters. The average Bonchev–Trinajstić information content (AvgIpc) is 2.92. The molecule has 9 heteroatoms. The van der Waals surface area contributed by atoms with Gasteiger partial charge in [-0.1, -0.05) is 48.5 Å². The zero-order chi connectivity index (χ0) is 24.9. The van der Waals surface area contributed by atoms with E-state index in [0.717, 1.165) is 22.5 Å². The van der Waals surface area contributed by atoms with Crippen LogP contribution in [0.1, 0.15) is 0 Å².